The molecule has 0 aromatic heterocycles. The van der Waals surface area contributed by atoms with E-state index in [4.69, 9.17) is 0 Å². The number of carbonyl (C=O) groups is 2. The number of sulfone groups is 1. The number of likely N-dealkylation sites (N-methyl/N-ethyl adjacent to an activating group) is 1. The maximum Gasteiger partial charge on any atom is 0.282 e. The molecule has 160 valence electrons. The minimum absolute atomic E-state index is 0.0792. The number of amides is 2. The molecular weight excluding hydrogens is 409 g/mol. The predicted molar refractivity (Wildman–Crippen MR) is 110 cm³/mol. The zero-order valence-corrected chi connectivity index (χ0v) is 17.7. The second-order valence-corrected chi connectivity index (χ2v) is 9.78. The Morgan fingerprint density at radius 2 is 1.57 bits per heavy atom. The zero-order valence-electron chi connectivity index (χ0n) is 16.9. The molecule has 3 rings (SSSR count). The minimum Gasteiger partial charge on any atom is -0.348 e. The maximum atomic E-state index is 13.2. The van der Waals surface area contributed by atoms with Gasteiger partial charge >= 0.3 is 0 Å². The topological polar surface area (TPSA) is 102 Å². The SMILES string of the molecule is CN(C)C(=O)[C@@H](c1ccc(-c2ccc(F)cc2)cc1)[C@H]([NH3+])C(=O)N1CCS(=O)(=O)C1. The molecule has 0 unspecified atom stereocenters. The fraction of sp³-hybridized carbons (Fsp3) is 0.333. The van der Waals surface area contributed by atoms with Crippen LogP contribution in [-0.2, 0) is 19.4 Å². The number of hydrogen-bond donors (Lipinski definition) is 1. The minimum atomic E-state index is -3.28. The third-order valence-electron chi connectivity index (χ3n) is 5.21. The molecule has 1 heterocycles. The van der Waals surface area contributed by atoms with Crippen LogP contribution < -0.4 is 5.73 Å². The van der Waals surface area contributed by atoms with Crippen molar-refractivity contribution < 1.29 is 28.1 Å². The summed E-state index contributed by atoms with van der Waals surface area (Å²) in [5, 5.41) is 0. The van der Waals surface area contributed by atoms with Gasteiger partial charge in [-0.1, -0.05) is 36.4 Å². The van der Waals surface area contributed by atoms with Crippen LogP contribution in [-0.4, -0.2) is 68.3 Å². The quantitative estimate of drug-likeness (QED) is 0.740. The van der Waals surface area contributed by atoms with Gasteiger partial charge in [0.25, 0.3) is 5.91 Å². The van der Waals surface area contributed by atoms with Crippen molar-refractivity contribution in [3.63, 3.8) is 0 Å². The van der Waals surface area contributed by atoms with E-state index in [0.29, 0.717) is 5.56 Å². The normalized spacial score (nSPS) is 17.4. The number of benzene rings is 2. The molecular formula is C21H25FN3O4S+. The average molecular weight is 435 g/mol. The third-order valence-corrected chi connectivity index (χ3v) is 6.72. The van der Waals surface area contributed by atoms with E-state index in [1.54, 1.807) is 50.5 Å². The molecule has 1 aliphatic rings. The van der Waals surface area contributed by atoms with Crippen molar-refractivity contribution in [3.05, 3.63) is 59.9 Å². The summed E-state index contributed by atoms with van der Waals surface area (Å²) in [6, 6.07) is 12.2. The molecule has 0 saturated carbocycles. The van der Waals surface area contributed by atoms with E-state index in [1.165, 1.54) is 21.9 Å². The first-order valence-electron chi connectivity index (χ1n) is 9.48. The Balaban J connectivity index is 1.89. The molecule has 2 amide bonds. The number of rotatable bonds is 5. The van der Waals surface area contributed by atoms with Gasteiger partial charge < -0.3 is 15.5 Å². The molecule has 1 fully saturated rings. The van der Waals surface area contributed by atoms with Crippen LogP contribution in [0.2, 0.25) is 0 Å². The second-order valence-electron chi connectivity index (χ2n) is 7.62. The molecule has 2 atom stereocenters. The Kier molecular flexibility index (Phi) is 6.23. The largest absolute Gasteiger partial charge is 0.348 e. The lowest BCUT2D eigenvalue weighted by Crippen LogP contribution is -2.71. The van der Waals surface area contributed by atoms with Crippen molar-refractivity contribution in [1.82, 2.24) is 9.80 Å². The van der Waals surface area contributed by atoms with Gasteiger partial charge in [-0.15, -0.1) is 0 Å². The third kappa shape index (κ3) is 4.68. The standard InChI is InChI=1S/C21H24FN3O4S/c1-24(2)20(26)18(19(23)21(27)25-11-12-30(28,29)13-25)16-5-3-14(4-6-16)15-7-9-17(22)10-8-15/h3-10,18-19H,11-13,23H2,1-2H3/p+1/t18-,19-/m0/s1. The van der Waals surface area contributed by atoms with Crippen LogP contribution in [0.25, 0.3) is 11.1 Å². The van der Waals surface area contributed by atoms with Crippen LogP contribution >= 0.6 is 0 Å². The van der Waals surface area contributed by atoms with Gasteiger partial charge in [-0.05, 0) is 28.8 Å². The van der Waals surface area contributed by atoms with Gasteiger partial charge in [0.2, 0.25) is 5.91 Å². The van der Waals surface area contributed by atoms with Crippen LogP contribution in [0.3, 0.4) is 0 Å². The van der Waals surface area contributed by atoms with E-state index in [0.717, 1.165) is 11.1 Å². The molecule has 1 saturated heterocycles. The van der Waals surface area contributed by atoms with Crippen LogP contribution in [0.1, 0.15) is 11.5 Å². The average Bonchev–Trinajstić information content (AvgIpc) is 3.08. The highest BCUT2D eigenvalue weighted by atomic mass is 32.2. The number of carbonyl (C=O) groups excluding carboxylic acids is 2. The van der Waals surface area contributed by atoms with Gasteiger partial charge in [-0.25, -0.2) is 12.8 Å². The zero-order chi connectivity index (χ0) is 22.1. The molecule has 9 heteroatoms. The molecule has 7 nitrogen and oxygen atoms in total. The smallest absolute Gasteiger partial charge is 0.282 e. The lowest BCUT2D eigenvalue weighted by molar-refractivity contribution is -0.408. The maximum absolute atomic E-state index is 13.2. The van der Waals surface area contributed by atoms with E-state index in [9.17, 15) is 22.4 Å². The number of hydrogen-bond acceptors (Lipinski definition) is 4. The highest BCUT2D eigenvalue weighted by Crippen LogP contribution is 2.26. The first-order chi connectivity index (χ1) is 14.1. The molecule has 30 heavy (non-hydrogen) atoms. The fourth-order valence-corrected chi connectivity index (χ4v) is 4.88. The van der Waals surface area contributed by atoms with Crippen LogP contribution in [0, 0.1) is 5.82 Å². The van der Waals surface area contributed by atoms with Gasteiger partial charge in [0.15, 0.2) is 15.9 Å². The lowest BCUT2D eigenvalue weighted by atomic mass is 9.88. The second kappa shape index (κ2) is 8.53. The summed E-state index contributed by atoms with van der Waals surface area (Å²) in [5.41, 5.74) is 6.19. The number of halogens is 1. The molecule has 1 aliphatic heterocycles. The Labute approximate surface area is 175 Å². The van der Waals surface area contributed by atoms with E-state index in [2.05, 4.69) is 5.73 Å². The van der Waals surface area contributed by atoms with Crippen molar-refractivity contribution in [2.75, 3.05) is 32.3 Å². The Morgan fingerprint density at radius 1 is 1.03 bits per heavy atom. The van der Waals surface area contributed by atoms with E-state index in [-0.39, 0.29) is 29.9 Å². The van der Waals surface area contributed by atoms with Crippen molar-refractivity contribution in [1.29, 1.82) is 0 Å². The summed E-state index contributed by atoms with van der Waals surface area (Å²) < 4.78 is 36.6. The van der Waals surface area contributed by atoms with Gasteiger partial charge in [-0.3, -0.25) is 9.59 Å². The summed E-state index contributed by atoms with van der Waals surface area (Å²) in [6.45, 7) is 0.111. The highest BCUT2D eigenvalue weighted by molar-refractivity contribution is 7.91. The Bertz CT molecular complexity index is 1040. The summed E-state index contributed by atoms with van der Waals surface area (Å²) in [7, 11) is -0.0911. The van der Waals surface area contributed by atoms with E-state index < -0.39 is 27.7 Å². The summed E-state index contributed by atoms with van der Waals surface area (Å²) >= 11 is 0. The fourth-order valence-electron chi connectivity index (χ4n) is 3.52. The van der Waals surface area contributed by atoms with Crippen LogP contribution in [0.15, 0.2) is 48.5 Å². The highest BCUT2D eigenvalue weighted by Gasteiger charge is 2.41. The lowest BCUT2D eigenvalue weighted by Gasteiger charge is -2.26. The molecule has 0 aliphatic carbocycles. The molecule has 2 aromatic carbocycles. The molecule has 3 N–H and O–H groups in total. The summed E-state index contributed by atoms with van der Waals surface area (Å²) in [5.74, 6) is -2.35. The van der Waals surface area contributed by atoms with Crippen molar-refractivity contribution in [2.24, 2.45) is 0 Å². The Morgan fingerprint density at radius 3 is 2.03 bits per heavy atom. The molecule has 0 radical (unpaired) electrons. The first-order valence-corrected chi connectivity index (χ1v) is 11.3. The van der Waals surface area contributed by atoms with Crippen molar-refractivity contribution >= 4 is 21.7 Å². The van der Waals surface area contributed by atoms with Crippen molar-refractivity contribution in [2.45, 2.75) is 12.0 Å². The van der Waals surface area contributed by atoms with Gasteiger partial charge in [0.1, 0.15) is 17.6 Å². The van der Waals surface area contributed by atoms with E-state index >= 15 is 0 Å². The van der Waals surface area contributed by atoms with Gasteiger partial charge in [0.05, 0.1) is 5.75 Å². The molecule has 0 bridgehead atoms. The van der Waals surface area contributed by atoms with Gasteiger partial charge in [0, 0.05) is 20.6 Å². The Hall–Kier alpha value is -2.78. The molecule has 0 spiro atoms. The number of nitrogens with zero attached hydrogens (tertiary/aromatic N) is 2. The summed E-state index contributed by atoms with van der Waals surface area (Å²) in [4.78, 5) is 28.4. The monoisotopic (exact) mass is 434 g/mol. The van der Waals surface area contributed by atoms with Crippen molar-refractivity contribution in [3.8, 4) is 11.1 Å². The van der Waals surface area contributed by atoms with Crippen LogP contribution in [0.5, 0.6) is 0 Å². The van der Waals surface area contributed by atoms with Gasteiger partial charge in [-0.2, -0.15) is 0 Å². The summed E-state index contributed by atoms with van der Waals surface area (Å²) in [6.07, 6.45) is 0. The first kappa shape index (κ1) is 21.9. The number of quaternary nitrogens is 1. The van der Waals surface area contributed by atoms with Crippen LogP contribution in [0.4, 0.5) is 4.39 Å². The molecule has 2 aromatic rings. The predicted octanol–water partition coefficient (Wildman–Crippen LogP) is 0.490. The van der Waals surface area contributed by atoms with E-state index in [1.807, 2.05) is 0 Å².